The summed E-state index contributed by atoms with van der Waals surface area (Å²) in [4.78, 5) is 20.5. The zero-order valence-corrected chi connectivity index (χ0v) is 24.9. The van der Waals surface area contributed by atoms with Crippen molar-refractivity contribution in [3.05, 3.63) is 146 Å². The van der Waals surface area contributed by atoms with Gasteiger partial charge in [-0.1, -0.05) is 127 Å². The van der Waals surface area contributed by atoms with Crippen LogP contribution in [0.4, 0.5) is 0 Å². The number of benzene rings is 6. The molecule has 6 aromatic carbocycles. The molecule has 0 saturated heterocycles. The van der Waals surface area contributed by atoms with Gasteiger partial charge in [-0.25, -0.2) is 19.9 Å². The van der Waals surface area contributed by atoms with Crippen LogP contribution in [0.25, 0.3) is 87.3 Å². The van der Waals surface area contributed by atoms with E-state index in [-0.39, 0.29) is 0 Å². The third kappa shape index (κ3) is 4.28. The topological polar surface area (TPSA) is 51.6 Å². The number of rotatable bonds is 4. The Labute approximate surface area is 263 Å². The molecular formula is C40H24N4S. The number of para-hydroxylation sites is 1. The highest BCUT2D eigenvalue weighted by Crippen LogP contribution is 2.44. The summed E-state index contributed by atoms with van der Waals surface area (Å²) in [5.41, 5.74) is 5.64. The number of aromatic nitrogens is 4. The lowest BCUT2D eigenvalue weighted by Gasteiger charge is -2.14. The number of hydrogen-bond donors (Lipinski definition) is 0. The van der Waals surface area contributed by atoms with E-state index in [0.717, 1.165) is 44.2 Å². The van der Waals surface area contributed by atoms with Gasteiger partial charge in [0.2, 0.25) is 0 Å². The quantitative estimate of drug-likeness (QED) is 0.191. The van der Waals surface area contributed by atoms with Crippen molar-refractivity contribution in [1.82, 2.24) is 19.9 Å². The molecule has 0 unspecified atom stereocenters. The molecule has 0 aliphatic heterocycles. The first-order valence-corrected chi connectivity index (χ1v) is 15.7. The number of thiophene rings is 1. The highest BCUT2D eigenvalue weighted by Gasteiger charge is 2.20. The Hall–Kier alpha value is -5.78. The lowest BCUT2D eigenvalue weighted by Crippen LogP contribution is -2.01. The minimum atomic E-state index is 0.599. The molecule has 3 aromatic heterocycles. The second-order valence-electron chi connectivity index (χ2n) is 11.0. The Balaban J connectivity index is 1.42. The fourth-order valence-electron chi connectivity index (χ4n) is 6.26. The monoisotopic (exact) mass is 592 g/mol. The molecule has 5 heteroatoms. The van der Waals surface area contributed by atoms with Gasteiger partial charge in [-0.3, -0.25) is 0 Å². The van der Waals surface area contributed by atoms with Gasteiger partial charge in [-0.15, -0.1) is 11.3 Å². The molecule has 0 spiro atoms. The average molecular weight is 593 g/mol. The molecule has 3 heterocycles. The molecule has 9 rings (SSSR count). The summed E-state index contributed by atoms with van der Waals surface area (Å²) in [5.74, 6) is 1.86. The van der Waals surface area contributed by atoms with Crippen LogP contribution in [0, 0.1) is 0 Å². The summed E-state index contributed by atoms with van der Waals surface area (Å²) in [6.07, 6.45) is 0. The molecule has 0 fully saturated rings. The van der Waals surface area contributed by atoms with Gasteiger partial charge in [-0.2, -0.15) is 0 Å². The van der Waals surface area contributed by atoms with Crippen LogP contribution in [-0.4, -0.2) is 19.9 Å². The first-order chi connectivity index (χ1) is 22.3. The second kappa shape index (κ2) is 10.4. The molecule has 210 valence electrons. The van der Waals surface area contributed by atoms with Crippen LogP contribution >= 0.6 is 11.3 Å². The van der Waals surface area contributed by atoms with Gasteiger partial charge >= 0.3 is 0 Å². The summed E-state index contributed by atoms with van der Waals surface area (Å²) in [7, 11) is 0. The van der Waals surface area contributed by atoms with Gasteiger partial charge < -0.3 is 0 Å². The van der Waals surface area contributed by atoms with E-state index < -0.39 is 0 Å². The van der Waals surface area contributed by atoms with Gasteiger partial charge in [0.05, 0.1) is 11.2 Å². The fourth-order valence-corrected chi connectivity index (χ4v) is 7.37. The first kappa shape index (κ1) is 25.7. The highest BCUT2D eigenvalue weighted by atomic mass is 32.1. The Morgan fingerprint density at radius 3 is 1.62 bits per heavy atom. The molecule has 4 nitrogen and oxygen atoms in total. The van der Waals surface area contributed by atoms with Crippen LogP contribution in [-0.2, 0) is 0 Å². The van der Waals surface area contributed by atoms with Crippen LogP contribution in [0.1, 0.15) is 0 Å². The summed E-state index contributed by atoms with van der Waals surface area (Å²) in [6.45, 7) is 0. The minimum absolute atomic E-state index is 0.599. The maximum atomic E-state index is 5.43. The van der Waals surface area contributed by atoms with E-state index in [1.54, 1.807) is 0 Å². The minimum Gasteiger partial charge on any atom is -0.246 e. The Bertz CT molecular complexity index is 2470. The number of fused-ring (bicyclic) bond motifs is 7. The van der Waals surface area contributed by atoms with Crippen molar-refractivity contribution >= 4 is 53.2 Å². The Morgan fingerprint density at radius 1 is 0.356 bits per heavy atom. The van der Waals surface area contributed by atoms with Crippen LogP contribution in [0.15, 0.2) is 146 Å². The van der Waals surface area contributed by atoms with Crippen molar-refractivity contribution in [1.29, 1.82) is 0 Å². The molecule has 0 bridgehead atoms. The average Bonchev–Trinajstić information content (AvgIpc) is 3.51. The van der Waals surface area contributed by atoms with Gasteiger partial charge in [0.25, 0.3) is 0 Å². The van der Waals surface area contributed by atoms with Crippen molar-refractivity contribution < 1.29 is 0 Å². The zero-order valence-electron chi connectivity index (χ0n) is 24.1. The SMILES string of the molecule is c1ccc(-c2nc(-c3ccccc3)nc(-c3cccc4c3nc(-c3ccccc3)c3ccc5sc6ccccc6c5c34)n2)cc1. The van der Waals surface area contributed by atoms with Gasteiger partial charge in [-0.05, 0) is 18.2 Å². The normalized spacial score (nSPS) is 11.6. The van der Waals surface area contributed by atoms with E-state index in [9.17, 15) is 0 Å². The van der Waals surface area contributed by atoms with Crippen molar-refractivity contribution in [2.24, 2.45) is 0 Å². The largest absolute Gasteiger partial charge is 0.246 e. The summed E-state index contributed by atoms with van der Waals surface area (Å²) in [5, 5.41) is 5.95. The maximum absolute atomic E-state index is 5.43. The molecule has 45 heavy (non-hydrogen) atoms. The lowest BCUT2D eigenvalue weighted by molar-refractivity contribution is 1.07. The molecule has 0 N–H and O–H groups in total. The predicted molar refractivity (Wildman–Crippen MR) is 187 cm³/mol. The molecule has 0 atom stereocenters. The second-order valence-corrected chi connectivity index (χ2v) is 12.1. The zero-order chi connectivity index (χ0) is 29.7. The number of pyridine rings is 1. The van der Waals surface area contributed by atoms with Crippen LogP contribution in [0.3, 0.4) is 0 Å². The summed E-state index contributed by atoms with van der Waals surface area (Å²) in [6, 6.07) is 50.2. The molecule has 0 saturated carbocycles. The third-order valence-electron chi connectivity index (χ3n) is 8.32. The smallest absolute Gasteiger partial charge is 0.166 e. The molecule has 0 aliphatic carbocycles. The molecular weight excluding hydrogens is 569 g/mol. The number of hydrogen-bond acceptors (Lipinski definition) is 5. The Kier molecular flexibility index (Phi) is 5.96. The van der Waals surface area contributed by atoms with E-state index in [1.807, 2.05) is 78.1 Å². The molecule has 0 amide bonds. The standard InChI is InChI=1S/C40H24N4S/c1-4-13-25(14-5-1)36-30-23-24-33-35(28-19-10-11-22-32(28)45-33)34(30)29-20-12-21-31(37(29)41-36)40-43-38(26-15-6-2-7-16-26)42-39(44-40)27-17-8-3-9-18-27/h1-24H. The Morgan fingerprint density at radius 2 is 0.933 bits per heavy atom. The predicted octanol–water partition coefficient (Wildman–Crippen LogP) is 10.6. The molecule has 0 aliphatic rings. The molecule has 9 aromatic rings. The van der Waals surface area contributed by atoms with E-state index >= 15 is 0 Å². The van der Waals surface area contributed by atoms with E-state index in [1.165, 1.54) is 25.6 Å². The van der Waals surface area contributed by atoms with E-state index in [2.05, 4.69) is 78.9 Å². The van der Waals surface area contributed by atoms with Crippen molar-refractivity contribution in [2.75, 3.05) is 0 Å². The summed E-state index contributed by atoms with van der Waals surface area (Å²) >= 11 is 1.83. The van der Waals surface area contributed by atoms with Crippen LogP contribution in [0.5, 0.6) is 0 Å². The van der Waals surface area contributed by atoms with Crippen molar-refractivity contribution in [2.45, 2.75) is 0 Å². The van der Waals surface area contributed by atoms with Gasteiger partial charge in [0.15, 0.2) is 17.5 Å². The lowest BCUT2D eigenvalue weighted by atomic mass is 9.95. The van der Waals surface area contributed by atoms with Gasteiger partial charge in [0.1, 0.15) is 0 Å². The first-order valence-electron chi connectivity index (χ1n) is 14.9. The third-order valence-corrected chi connectivity index (χ3v) is 9.45. The van der Waals surface area contributed by atoms with Crippen molar-refractivity contribution in [3.63, 3.8) is 0 Å². The van der Waals surface area contributed by atoms with E-state index in [0.29, 0.717) is 17.5 Å². The van der Waals surface area contributed by atoms with Crippen LogP contribution in [0.2, 0.25) is 0 Å². The fraction of sp³-hybridized carbons (Fsp3) is 0. The molecule has 0 radical (unpaired) electrons. The maximum Gasteiger partial charge on any atom is 0.166 e. The van der Waals surface area contributed by atoms with Gasteiger partial charge in [0, 0.05) is 58.6 Å². The highest BCUT2D eigenvalue weighted by molar-refractivity contribution is 7.26. The number of nitrogens with zero attached hydrogens (tertiary/aromatic N) is 4. The van der Waals surface area contributed by atoms with Crippen molar-refractivity contribution in [3.8, 4) is 45.4 Å². The van der Waals surface area contributed by atoms with E-state index in [4.69, 9.17) is 19.9 Å². The van der Waals surface area contributed by atoms with Crippen LogP contribution < -0.4 is 0 Å². The summed E-state index contributed by atoms with van der Waals surface area (Å²) < 4.78 is 2.54.